The number of amides is 1. The fourth-order valence-electron chi connectivity index (χ4n) is 6.53. The van der Waals surface area contributed by atoms with Gasteiger partial charge in [-0.15, -0.1) is 10.2 Å². The summed E-state index contributed by atoms with van der Waals surface area (Å²) in [5, 5.41) is 19.0. The van der Waals surface area contributed by atoms with Crippen LogP contribution in [0.5, 0.6) is 5.88 Å². The standard InChI is InChI=1S/C26H31N3O7/c30-22-17(15-9-3-4-10-16(15)27-22)28-29-23(31)20-18-19(34-25(33-18)11-5-1-6-12-25)21-24(32-20)36-26(35-21)13-7-2-8-14-26/h3-4,9-10,18-21,24,27,30H,1-2,5-8,11-14H2/t18-,19+,20?,21-,24-/m1/s1. The second-order valence-corrected chi connectivity index (χ2v) is 10.6. The molecule has 5 fully saturated rings. The summed E-state index contributed by atoms with van der Waals surface area (Å²) < 4.78 is 32.1. The van der Waals surface area contributed by atoms with Gasteiger partial charge in [0, 0.05) is 31.1 Å². The van der Waals surface area contributed by atoms with E-state index in [4.69, 9.17) is 23.7 Å². The number of nitrogens with zero attached hydrogens (tertiary/aromatic N) is 2. The molecule has 192 valence electrons. The topological polar surface area (TPSA) is 124 Å². The van der Waals surface area contributed by atoms with E-state index in [1.54, 1.807) is 6.07 Å². The number of carbonyl (C=O) groups is 1. The van der Waals surface area contributed by atoms with Crippen LogP contribution in [0.25, 0.3) is 10.9 Å². The maximum Gasteiger partial charge on any atom is 0.296 e. The van der Waals surface area contributed by atoms with Gasteiger partial charge in [0.1, 0.15) is 18.3 Å². The van der Waals surface area contributed by atoms with Crippen molar-refractivity contribution in [2.45, 2.75) is 106 Å². The number of H-pyrrole nitrogens is 1. The molecule has 3 saturated heterocycles. The van der Waals surface area contributed by atoms with Gasteiger partial charge in [-0.1, -0.05) is 31.0 Å². The molecule has 3 aliphatic heterocycles. The van der Waals surface area contributed by atoms with Gasteiger partial charge in [-0.25, -0.2) is 0 Å². The fraction of sp³-hybridized carbons (Fsp3) is 0.654. The number of carbonyl (C=O) groups excluding carboxylic acids is 1. The van der Waals surface area contributed by atoms with Crippen LogP contribution >= 0.6 is 0 Å². The van der Waals surface area contributed by atoms with E-state index in [1.807, 2.05) is 18.2 Å². The first-order chi connectivity index (χ1) is 17.5. The molecule has 2 aromatic rings. The van der Waals surface area contributed by atoms with Crippen molar-refractivity contribution in [1.29, 1.82) is 0 Å². The van der Waals surface area contributed by atoms with Crippen molar-refractivity contribution in [3.8, 4) is 5.88 Å². The molecule has 36 heavy (non-hydrogen) atoms. The Labute approximate surface area is 208 Å². The average Bonchev–Trinajstić information content (AvgIpc) is 3.53. The van der Waals surface area contributed by atoms with Crippen molar-refractivity contribution >= 4 is 22.5 Å². The number of ether oxygens (including phenoxy) is 5. The second kappa shape index (κ2) is 8.59. The summed E-state index contributed by atoms with van der Waals surface area (Å²) in [6.07, 6.45) is 6.09. The van der Waals surface area contributed by atoms with Gasteiger partial charge >= 0.3 is 0 Å². The highest BCUT2D eigenvalue weighted by molar-refractivity contribution is 5.94. The number of benzene rings is 1. The third-order valence-electron chi connectivity index (χ3n) is 8.26. The lowest BCUT2D eigenvalue weighted by atomic mass is 9.94. The Kier molecular flexibility index (Phi) is 5.44. The van der Waals surface area contributed by atoms with Crippen molar-refractivity contribution < 1.29 is 33.6 Å². The van der Waals surface area contributed by atoms with Crippen LogP contribution in [-0.2, 0) is 28.5 Å². The molecule has 5 atom stereocenters. The van der Waals surface area contributed by atoms with Crippen molar-refractivity contribution in [3.63, 3.8) is 0 Å². The largest absolute Gasteiger partial charge is 0.493 e. The number of aromatic nitrogens is 1. The van der Waals surface area contributed by atoms with E-state index in [1.165, 1.54) is 0 Å². The zero-order valence-electron chi connectivity index (χ0n) is 20.1. The molecule has 1 aromatic carbocycles. The van der Waals surface area contributed by atoms with Gasteiger partial charge in [0.2, 0.25) is 5.88 Å². The van der Waals surface area contributed by atoms with Gasteiger partial charge in [0.25, 0.3) is 5.91 Å². The Balaban J connectivity index is 1.18. The van der Waals surface area contributed by atoms with Crippen LogP contribution in [0.4, 0.5) is 5.69 Å². The summed E-state index contributed by atoms with van der Waals surface area (Å²) in [5.74, 6) is -2.18. The number of aromatic hydroxyl groups is 1. The average molecular weight is 498 g/mol. The first kappa shape index (κ1) is 22.8. The van der Waals surface area contributed by atoms with E-state index in [0.29, 0.717) is 10.9 Å². The van der Waals surface area contributed by atoms with E-state index in [9.17, 15) is 9.90 Å². The molecule has 0 radical (unpaired) electrons. The molecule has 1 aromatic heterocycles. The zero-order chi connectivity index (χ0) is 24.3. The Bertz CT molecular complexity index is 1180. The molecule has 2 saturated carbocycles. The smallest absolute Gasteiger partial charge is 0.296 e. The van der Waals surface area contributed by atoms with Crippen LogP contribution in [0.1, 0.15) is 64.2 Å². The maximum atomic E-state index is 13.4. The SMILES string of the molecule is O=C(N=Nc1c(O)[nH]c2ccccc12)C1O[C@@H]2OC3(CCCCC3)O[C@@H]2[C@H]2OC3(CCCCC3)O[C@@H]12. The fourth-order valence-corrected chi connectivity index (χ4v) is 6.53. The van der Waals surface area contributed by atoms with Crippen molar-refractivity contribution in [3.05, 3.63) is 24.3 Å². The lowest BCUT2D eigenvalue weighted by Crippen LogP contribution is -2.57. The highest BCUT2D eigenvalue weighted by Gasteiger charge is 2.65. The summed E-state index contributed by atoms with van der Waals surface area (Å²) in [7, 11) is 0. The summed E-state index contributed by atoms with van der Waals surface area (Å²) in [4.78, 5) is 16.2. The van der Waals surface area contributed by atoms with Gasteiger partial charge < -0.3 is 33.8 Å². The van der Waals surface area contributed by atoms with E-state index in [-0.39, 0.29) is 11.6 Å². The molecule has 2 aliphatic carbocycles. The third-order valence-corrected chi connectivity index (χ3v) is 8.26. The second-order valence-electron chi connectivity index (χ2n) is 10.6. The minimum absolute atomic E-state index is 0.149. The van der Waals surface area contributed by atoms with E-state index in [0.717, 1.165) is 64.2 Å². The van der Waals surface area contributed by atoms with E-state index in [2.05, 4.69) is 15.2 Å². The molecular formula is C26H31N3O7. The lowest BCUT2D eigenvalue weighted by Gasteiger charge is -2.35. The molecule has 7 rings (SSSR count). The summed E-state index contributed by atoms with van der Waals surface area (Å²) in [6, 6.07) is 7.29. The normalized spacial score (nSPS) is 34.9. The van der Waals surface area contributed by atoms with Gasteiger partial charge in [-0.2, -0.15) is 0 Å². The summed E-state index contributed by atoms with van der Waals surface area (Å²) in [6.45, 7) is 0. The molecule has 2 N–H and O–H groups in total. The van der Waals surface area contributed by atoms with Gasteiger partial charge in [-0.05, 0) is 31.7 Å². The first-order valence-electron chi connectivity index (χ1n) is 13.2. The van der Waals surface area contributed by atoms with Crippen molar-refractivity contribution in [2.24, 2.45) is 10.2 Å². The molecule has 1 amide bonds. The number of nitrogens with one attached hydrogen (secondary N) is 1. The number of para-hydroxylation sites is 1. The number of azo groups is 1. The monoisotopic (exact) mass is 497 g/mol. The minimum Gasteiger partial charge on any atom is -0.493 e. The van der Waals surface area contributed by atoms with E-state index < -0.39 is 48.2 Å². The van der Waals surface area contributed by atoms with Gasteiger partial charge in [-0.3, -0.25) is 4.79 Å². The van der Waals surface area contributed by atoms with Crippen LogP contribution in [-0.4, -0.2) is 58.3 Å². The zero-order valence-corrected chi connectivity index (χ0v) is 20.1. The van der Waals surface area contributed by atoms with Crippen molar-refractivity contribution in [2.75, 3.05) is 0 Å². The number of aromatic amines is 1. The Hall–Kier alpha value is -2.37. The highest BCUT2D eigenvalue weighted by Crippen LogP contribution is 2.51. The molecule has 4 heterocycles. The molecule has 5 aliphatic rings. The molecule has 0 bridgehead atoms. The molecule has 10 heteroatoms. The molecule has 2 spiro atoms. The quantitative estimate of drug-likeness (QED) is 0.575. The molecular weight excluding hydrogens is 466 g/mol. The number of hydrogen-bond acceptors (Lipinski definition) is 8. The van der Waals surface area contributed by atoms with Gasteiger partial charge in [0.15, 0.2) is 29.7 Å². The Morgan fingerprint density at radius 3 is 2.25 bits per heavy atom. The first-order valence-corrected chi connectivity index (χ1v) is 13.2. The van der Waals surface area contributed by atoms with Crippen LogP contribution < -0.4 is 0 Å². The molecule has 10 nitrogen and oxygen atoms in total. The number of fused-ring (bicyclic) bond motifs is 4. The van der Waals surface area contributed by atoms with Crippen LogP contribution in [0.2, 0.25) is 0 Å². The Morgan fingerprint density at radius 2 is 1.50 bits per heavy atom. The maximum absolute atomic E-state index is 13.4. The van der Waals surface area contributed by atoms with Gasteiger partial charge in [0.05, 0.1) is 5.52 Å². The predicted octanol–water partition coefficient (Wildman–Crippen LogP) is 4.73. The number of rotatable bonds is 2. The van der Waals surface area contributed by atoms with Crippen molar-refractivity contribution in [1.82, 2.24) is 4.98 Å². The molecule has 1 unspecified atom stereocenters. The van der Waals surface area contributed by atoms with Crippen LogP contribution in [0, 0.1) is 0 Å². The third kappa shape index (κ3) is 3.69. The predicted molar refractivity (Wildman–Crippen MR) is 125 cm³/mol. The number of hydrogen-bond donors (Lipinski definition) is 2. The summed E-state index contributed by atoms with van der Waals surface area (Å²) >= 11 is 0. The van der Waals surface area contributed by atoms with Crippen LogP contribution in [0.3, 0.4) is 0 Å². The lowest BCUT2D eigenvalue weighted by molar-refractivity contribution is -0.247. The van der Waals surface area contributed by atoms with E-state index >= 15 is 0 Å². The highest BCUT2D eigenvalue weighted by atomic mass is 16.9. The Morgan fingerprint density at radius 1 is 0.861 bits per heavy atom. The minimum atomic E-state index is -1.05. The van der Waals surface area contributed by atoms with Crippen LogP contribution in [0.15, 0.2) is 34.5 Å². The summed E-state index contributed by atoms with van der Waals surface area (Å²) in [5.41, 5.74) is 0.910.